The van der Waals surface area contributed by atoms with Gasteiger partial charge in [0.05, 0.1) is 11.8 Å². The van der Waals surface area contributed by atoms with Crippen molar-refractivity contribution in [3.8, 4) is 0 Å². The van der Waals surface area contributed by atoms with Gasteiger partial charge in [0.15, 0.2) is 0 Å². The molecular formula is C18H16F3NO2. The lowest BCUT2D eigenvalue weighted by Crippen LogP contribution is -2.31. The van der Waals surface area contributed by atoms with E-state index in [1.807, 2.05) is 0 Å². The molecule has 1 fully saturated rings. The van der Waals surface area contributed by atoms with Crippen molar-refractivity contribution >= 4 is 12.0 Å². The molecule has 1 aliphatic rings. The van der Waals surface area contributed by atoms with Gasteiger partial charge in [0.25, 0.3) is 0 Å². The standard InChI is InChI=1S/C18H16F3NO2/c19-18(20,21)14-5-3-13(4-6-14)12-22(15-7-8-15)17(23)10-9-16-2-1-11-24-16/h1-6,9-11,15H,7-8,12H2/b10-9+. The second kappa shape index (κ2) is 6.55. The first-order valence-corrected chi connectivity index (χ1v) is 7.62. The number of alkyl halides is 3. The second-order valence-corrected chi connectivity index (χ2v) is 5.74. The van der Waals surface area contributed by atoms with Crippen LogP contribution in [0.3, 0.4) is 0 Å². The quantitative estimate of drug-likeness (QED) is 0.754. The topological polar surface area (TPSA) is 33.5 Å². The summed E-state index contributed by atoms with van der Waals surface area (Å²) in [5.74, 6) is 0.405. The van der Waals surface area contributed by atoms with Gasteiger partial charge in [-0.25, -0.2) is 0 Å². The molecule has 1 aliphatic carbocycles. The number of carbonyl (C=O) groups is 1. The molecule has 126 valence electrons. The van der Waals surface area contributed by atoms with E-state index in [1.54, 1.807) is 23.1 Å². The van der Waals surface area contributed by atoms with Crippen LogP contribution in [-0.4, -0.2) is 16.8 Å². The average Bonchev–Trinajstić information content (AvgIpc) is 3.25. The highest BCUT2D eigenvalue weighted by Gasteiger charge is 2.32. The molecule has 24 heavy (non-hydrogen) atoms. The van der Waals surface area contributed by atoms with Gasteiger partial charge >= 0.3 is 6.18 Å². The van der Waals surface area contributed by atoms with Crippen molar-refractivity contribution < 1.29 is 22.4 Å². The summed E-state index contributed by atoms with van der Waals surface area (Å²) < 4.78 is 42.9. The molecule has 1 aromatic heterocycles. The van der Waals surface area contributed by atoms with E-state index in [4.69, 9.17) is 4.42 Å². The molecule has 1 aromatic carbocycles. The van der Waals surface area contributed by atoms with Crippen LogP contribution >= 0.6 is 0 Å². The molecule has 0 spiro atoms. The molecule has 0 saturated heterocycles. The van der Waals surface area contributed by atoms with Crippen LogP contribution in [0.2, 0.25) is 0 Å². The Balaban J connectivity index is 1.69. The van der Waals surface area contributed by atoms with Gasteiger partial charge in [-0.2, -0.15) is 13.2 Å². The van der Waals surface area contributed by atoms with Crippen molar-refractivity contribution in [1.82, 2.24) is 4.90 Å². The molecular weight excluding hydrogens is 319 g/mol. The zero-order valence-corrected chi connectivity index (χ0v) is 12.8. The summed E-state index contributed by atoms with van der Waals surface area (Å²) in [4.78, 5) is 14.1. The predicted molar refractivity (Wildman–Crippen MR) is 82.8 cm³/mol. The van der Waals surface area contributed by atoms with Gasteiger partial charge in [0, 0.05) is 18.7 Å². The number of furan rings is 1. The summed E-state index contributed by atoms with van der Waals surface area (Å²) in [6, 6.07) is 8.55. The summed E-state index contributed by atoms with van der Waals surface area (Å²) in [5, 5.41) is 0. The third-order valence-electron chi connectivity index (χ3n) is 3.84. The zero-order valence-electron chi connectivity index (χ0n) is 12.8. The zero-order chi connectivity index (χ0) is 17.2. The lowest BCUT2D eigenvalue weighted by Gasteiger charge is -2.21. The first-order valence-electron chi connectivity index (χ1n) is 7.62. The minimum absolute atomic E-state index is 0.154. The highest BCUT2D eigenvalue weighted by molar-refractivity contribution is 5.91. The van der Waals surface area contributed by atoms with Gasteiger partial charge in [-0.1, -0.05) is 12.1 Å². The minimum Gasteiger partial charge on any atom is -0.465 e. The molecule has 0 atom stereocenters. The molecule has 0 N–H and O–H groups in total. The summed E-state index contributed by atoms with van der Waals surface area (Å²) in [5.41, 5.74) is -0.0112. The number of amides is 1. The fourth-order valence-corrected chi connectivity index (χ4v) is 2.40. The lowest BCUT2D eigenvalue weighted by atomic mass is 10.1. The third-order valence-corrected chi connectivity index (χ3v) is 3.84. The van der Waals surface area contributed by atoms with Crippen LogP contribution in [0.5, 0.6) is 0 Å². The number of rotatable bonds is 5. The van der Waals surface area contributed by atoms with E-state index in [0.717, 1.165) is 25.0 Å². The van der Waals surface area contributed by atoms with Crippen molar-refractivity contribution in [3.05, 3.63) is 65.6 Å². The summed E-state index contributed by atoms with van der Waals surface area (Å²) >= 11 is 0. The summed E-state index contributed by atoms with van der Waals surface area (Å²) in [7, 11) is 0. The van der Waals surface area contributed by atoms with Crippen LogP contribution in [0.1, 0.15) is 29.7 Å². The number of hydrogen-bond acceptors (Lipinski definition) is 2. The molecule has 0 aliphatic heterocycles. The van der Waals surface area contributed by atoms with Crippen molar-refractivity contribution in [2.45, 2.75) is 31.6 Å². The SMILES string of the molecule is O=C(/C=C/c1ccco1)N(Cc1ccc(C(F)(F)F)cc1)C1CC1. The molecule has 0 bridgehead atoms. The van der Waals surface area contributed by atoms with Gasteiger partial charge in [0.2, 0.25) is 5.91 Å². The van der Waals surface area contributed by atoms with E-state index in [0.29, 0.717) is 17.9 Å². The number of hydrogen-bond donors (Lipinski definition) is 0. The maximum Gasteiger partial charge on any atom is 0.416 e. The van der Waals surface area contributed by atoms with E-state index in [2.05, 4.69) is 0 Å². The molecule has 3 rings (SSSR count). The highest BCUT2D eigenvalue weighted by Crippen LogP contribution is 2.31. The van der Waals surface area contributed by atoms with Gasteiger partial charge in [-0.05, 0) is 48.7 Å². The van der Waals surface area contributed by atoms with Crippen LogP contribution in [0.25, 0.3) is 6.08 Å². The average molecular weight is 335 g/mol. The first-order chi connectivity index (χ1) is 11.4. The Hall–Kier alpha value is -2.50. The highest BCUT2D eigenvalue weighted by atomic mass is 19.4. The Morgan fingerprint density at radius 3 is 2.46 bits per heavy atom. The van der Waals surface area contributed by atoms with Crippen LogP contribution in [-0.2, 0) is 17.5 Å². The van der Waals surface area contributed by atoms with Gasteiger partial charge in [-0.3, -0.25) is 4.79 Å². The lowest BCUT2D eigenvalue weighted by molar-refractivity contribution is -0.137. The molecule has 0 unspecified atom stereocenters. The van der Waals surface area contributed by atoms with E-state index in [9.17, 15) is 18.0 Å². The maximum absolute atomic E-state index is 12.6. The van der Waals surface area contributed by atoms with E-state index >= 15 is 0 Å². The van der Waals surface area contributed by atoms with Crippen molar-refractivity contribution in [1.29, 1.82) is 0 Å². The first kappa shape index (κ1) is 16.4. The van der Waals surface area contributed by atoms with Gasteiger partial charge in [0.1, 0.15) is 5.76 Å². The Labute approximate surface area is 137 Å². The summed E-state index contributed by atoms with van der Waals surface area (Å²) in [6.07, 6.45) is 2.02. The Kier molecular flexibility index (Phi) is 4.46. The molecule has 2 aromatic rings. The minimum atomic E-state index is -4.35. The van der Waals surface area contributed by atoms with Gasteiger partial charge < -0.3 is 9.32 Å². The van der Waals surface area contributed by atoms with Crippen LogP contribution in [0.4, 0.5) is 13.2 Å². The fraction of sp³-hybridized carbons (Fsp3) is 0.278. The monoisotopic (exact) mass is 335 g/mol. The second-order valence-electron chi connectivity index (χ2n) is 5.74. The molecule has 6 heteroatoms. The van der Waals surface area contributed by atoms with Gasteiger partial charge in [-0.15, -0.1) is 0 Å². The van der Waals surface area contributed by atoms with E-state index in [1.165, 1.54) is 24.5 Å². The van der Waals surface area contributed by atoms with Crippen molar-refractivity contribution in [2.24, 2.45) is 0 Å². The number of nitrogens with zero attached hydrogens (tertiary/aromatic N) is 1. The van der Waals surface area contributed by atoms with Crippen LogP contribution < -0.4 is 0 Å². The molecule has 1 amide bonds. The Morgan fingerprint density at radius 1 is 1.21 bits per heavy atom. The third kappa shape index (κ3) is 4.07. The fourth-order valence-electron chi connectivity index (χ4n) is 2.40. The van der Waals surface area contributed by atoms with Crippen molar-refractivity contribution in [2.75, 3.05) is 0 Å². The molecule has 1 heterocycles. The van der Waals surface area contributed by atoms with Crippen molar-refractivity contribution in [3.63, 3.8) is 0 Å². The molecule has 3 nitrogen and oxygen atoms in total. The number of carbonyl (C=O) groups excluding carboxylic acids is 1. The van der Waals surface area contributed by atoms with Crippen LogP contribution in [0, 0.1) is 0 Å². The molecule has 0 radical (unpaired) electrons. The summed E-state index contributed by atoms with van der Waals surface area (Å²) in [6.45, 7) is 0.296. The maximum atomic E-state index is 12.6. The number of halogens is 3. The number of benzene rings is 1. The predicted octanol–water partition coefficient (Wildman–Crippen LogP) is 4.50. The Bertz CT molecular complexity index is 714. The van der Waals surface area contributed by atoms with Crippen LogP contribution in [0.15, 0.2) is 53.2 Å². The molecule has 1 saturated carbocycles. The van der Waals surface area contributed by atoms with E-state index < -0.39 is 11.7 Å². The normalized spacial score (nSPS) is 15.0. The smallest absolute Gasteiger partial charge is 0.416 e. The largest absolute Gasteiger partial charge is 0.465 e. The Morgan fingerprint density at radius 2 is 1.92 bits per heavy atom. The van der Waals surface area contributed by atoms with E-state index in [-0.39, 0.29) is 11.9 Å².